The Morgan fingerprint density at radius 2 is 1.20 bits per heavy atom. The van der Waals surface area contributed by atoms with Crippen LogP contribution in [0.4, 0.5) is 0 Å². The highest BCUT2D eigenvalue weighted by atomic mass is 16.6. The van der Waals surface area contributed by atoms with E-state index in [2.05, 4.69) is 0 Å². The zero-order valence-electron chi connectivity index (χ0n) is 21.8. The van der Waals surface area contributed by atoms with E-state index in [4.69, 9.17) is 28.4 Å². The maximum absolute atomic E-state index is 12.2. The molecule has 1 fully saturated rings. The van der Waals surface area contributed by atoms with E-state index in [0.29, 0.717) is 0 Å². The van der Waals surface area contributed by atoms with Gasteiger partial charge in [-0.25, -0.2) is 9.59 Å². The van der Waals surface area contributed by atoms with Gasteiger partial charge in [0.2, 0.25) is 0 Å². The molecule has 1 N–H and O–H groups in total. The predicted octanol–water partition coefficient (Wildman–Crippen LogP) is 3.19. The Bertz CT molecular complexity index is 801. The lowest BCUT2D eigenvalue weighted by molar-refractivity contribution is -0.157. The molecule has 0 aromatic heterocycles. The standard InChI is InChI=1S/C26H40O9/c1-25(2,3)19-13-18(14-20(24(19)29)26(4,5)6)21-15-35-23(28)17-32-8-7-31-16-22(27)34-12-10-30-9-11-33-21/h13-14,21,29H,7-12,15-17H2,1-6H3. The minimum absolute atomic E-state index is 0.0196. The van der Waals surface area contributed by atoms with Gasteiger partial charge in [0.25, 0.3) is 0 Å². The lowest BCUT2D eigenvalue weighted by Crippen LogP contribution is -2.24. The molecule has 1 atom stereocenters. The van der Waals surface area contributed by atoms with E-state index >= 15 is 0 Å². The van der Waals surface area contributed by atoms with Gasteiger partial charge in [-0.15, -0.1) is 0 Å². The van der Waals surface area contributed by atoms with Gasteiger partial charge in [0.05, 0.1) is 33.0 Å². The summed E-state index contributed by atoms with van der Waals surface area (Å²) in [5, 5.41) is 11.0. The molecule has 0 amide bonds. The van der Waals surface area contributed by atoms with E-state index in [1.165, 1.54) is 0 Å². The van der Waals surface area contributed by atoms with Gasteiger partial charge in [-0.3, -0.25) is 0 Å². The van der Waals surface area contributed by atoms with Crippen molar-refractivity contribution in [3.8, 4) is 5.75 Å². The molecule has 1 heterocycles. The number of hydrogen-bond acceptors (Lipinski definition) is 9. The summed E-state index contributed by atoms with van der Waals surface area (Å²) in [5.41, 5.74) is 1.74. The summed E-state index contributed by atoms with van der Waals surface area (Å²) in [6, 6.07) is 3.81. The molecule has 2 rings (SSSR count). The number of carbonyl (C=O) groups is 2. The summed E-state index contributed by atoms with van der Waals surface area (Å²) in [4.78, 5) is 23.8. The van der Waals surface area contributed by atoms with Crippen LogP contribution in [0.2, 0.25) is 0 Å². The lowest BCUT2D eigenvalue weighted by atomic mass is 9.78. The predicted molar refractivity (Wildman–Crippen MR) is 129 cm³/mol. The summed E-state index contributed by atoms with van der Waals surface area (Å²) < 4.78 is 32.5. The lowest BCUT2D eigenvalue weighted by Gasteiger charge is -2.30. The van der Waals surface area contributed by atoms with Crippen LogP contribution in [-0.4, -0.2) is 76.5 Å². The molecule has 1 aromatic carbocycles. The molecular formula is C26H40O9. The van der Waals surface area contributed by atoms with Gasteiger partial charge in [-0.05, 0) is 39.7 Å². The van der Waals surface area contributed by atoms with E-state index in [9.17, 15) is 14.7 Å². The molecule has 0 bridgehead atoms. The topological polar surface area (TPSA) is 110 Å². The first-order chi connectivity index (χ1) is 16.4. The summed E-state index contributed by atoms with van der Waals surface area (Å²) in [7, 11) is 0. The van der Waals surface area contributed by atoms with Crippen LogP contribution in [0.1, 0.15) is 64.3 Å². The zero-order chi connectivity index (χ0) is 26.1. The Balaban J connectivity index is 2.25. The van der Waals surface area contributed by atoms with Gasteiger partial charge in [0.1, 0.15) is 38.3 Å². The van der Waals surface area contributed by atoms with E-state index < -0.39 is 18.0 Å². The number of hydrogen-bond donors (Lipinski definition) is 1. The number of rotatable bonds is 1. The molecule has 0 saturated carbocycles. The summed E-state index contributed by atoms with van der Waals surface area (Å²) in [6.45, 7) is 12.8. The second-order valence-corrected chi connectivity index (χ2v) is 10.4. The van der Waals surface area contributed by atoms with Crippen LogP contribution >= 0.6 is 0 Å². The van der Waals surface area contributed by atoms with Crippen LogP contribution in [0, 0.1) is 0 Å². The molecule has 1 saturated heterocycles. The number of cyclic esters (lactones) is 2. The van der Waals surface area contributed by atoms with Crippen molar-refractivity contribution in [3.05, 3.63) is 28.8 Å². The molecule has 1 aliphatic rings. The third-order valence-corrected chi connectivity index (χ3v) is 5.37. The molecule has 9 heteroatoms. The summed E-state index contributed by atoms with van der Waals surface area (Å²) >= 11 is 0. The van der Waals surface area contributed by atoms with Crippen LogP contribution in [0.25, 0.3) is 0 Å². The first-order valence-electron chi connectivity index (χ1n) is 11.9. The highest BCUT2D eigenvalue weighted by Crippen LogP contribution is 2.41. The van der Waals surface area contributed by atoms with Crippen LogP contribution in [-0.2, 0) is 48.8 Å². The molecule has 1 unspecified atom stereocenters. The maximum Gasteiger partial charge on any atom is 0.332 e. The van der Waals surface area contributed by atoms with Crippen LogP contribution in [0.15, 0.2) is 12.1 Å². The Labute approximate surface area is 208 Å². The Kier molecular flexibility index (Phi) is 11.0. The van der Waals surface area contributed by atoms with Crippen molar-refractivity contribution in [1.82, 2.24) is 0 Å². The van der Waals surface area contributed by atoms with Crippen molar-refractivity contribution in [2.24, 2.45) is 0 Å². The van der Waals surface area contributed by atoms with Crippen LogP contribution < -0.4 is 0 Å². The molecule has 0 spiro atoms. The number of esters is 2. The number of phenolic OH excluding ortho intramolecular Hbond substituents is 1. The minimum atomic E-state index is -0.578. The van der Waals surface area contributed by atoms with Gasteiger partial charge in [0.15, 0.2) is 0 Å². The fraction of sp³-hybridized carbons (Fsp3) is 0.692. The van der Waals surface area contributed by atoms with E-state index in [-0.39, 0.29) is 76.0 Å². The van der Waals surface area contributed by atoms with Crippen molar-refractivity contribution >= 4 is 11.9 Å². The number of carbonyl (C=O) groups excluding carboxylic acids is 2. The third kappa shape index (κ3) is 9.76. The van der Waals surface area contributed by atoms with Gasteiger partial charge < -0.3 is 33.5 Å². The number of ether oxygens (including phenoxy) is 6. The van der Waals surface area contributed by atoms with E-state index in [0.717, 1.165) is 16.7 Å². The Hall–Kier alpha value is -2.20. The monoisotopic (exact) mass is 496 g/mol. The highest BCUT2D eigenvalue weighted by molar-refractivity contribution is 5.71. The summed E-state index contributed by atoms with van der Waals surface area (Å²) in [5.74, 6) is -0.775. The fourth-order valence-corrected chi connectivity index (χ4v) is 3.47. The Morgan fingerprint density at radius 3 is 1.74 bits per heavy atom. The quantitative estimate of drug-likeness (QED) is 0.586. The van der Waals surface area contributed by atoms with Gasteiger partial charge >= 0.3 is 11.9 Å². The number of phenols is 1. The van der Waals surface area contributed by atoms with Crippen LogP contribution in [0.5, 0.6) is 5.75 Å². The van der Waals surface area contributed by atoms with Gasteiger partial charge in [-0.2, -0.15) is 0 Å². The molecule has 9 nitrogen and oxygen atoms in total. The second-order valence-electron chi connectivity index (χ2n) is 10.4. The average molecular weight is 497 g/mol. The number of aromatic hydroxyl groups is 1. The first kappa shape index (κ1) is 29.0. The maximum atomic E-state index is 12.2. The van der Waals surface area contributed by atoms with Crippen molar-refractivity contribution in [2.45, 2.75) is 58.5 Å². The molecular weight excluding hydrogens is 456 g/mol. The van der Waals surface area contributed by atoms with Crippen molar-refractivity contribution in [2.75, 3.05) is 59.5 Å². The smallest absolute Gasteiger partial charge is 0.332 e. The normalized spacial score (nSPS) is 20.9. The molecule has 35 heavy (non-hydrogen) atoms. The van der Waals surface area contributed by atoms with Gasteiger partial charge in [-0.1, -0.05) is 41.5 Å². The largest absolute Gasteiger partial charge is 0.507 e. The van der Waals surface area contributed by atoms with Crippen molar-refractivity contribution < 1.29 is 43.1 Å². The molecule has 1 aromatic rings. The first-order valence-corrected chi connectivity index (χ1v) is 11.9. The SMILES string of the molecule is CC(C)(C)c1cc(C2COC(=O)COCCOCC(=O)OCCOCCO2)cc(C(C)(C)C)c1O. The van der Waals surface area contributed by atoms with Crippen molar-refractivity contribution in [1.29, 1.82) is 0 Å². The molecule has 1 aliphatic heterocycles. The highest BCUT2D eigenvalue weighted by Gasteiger charge is 2.29. The van der Waals surface area contributed by atoms with E-state index in [1.807, 2.05) is 53.7 Å². The molecule has 198 valence electrons. The molecule has 0 aliphatic carbocycles. The van der Waals surface area contributed by atoms with Crippen molar-refractivity contribution in [3.63, 3.8) is 0 Å². The zero-order valence-corrected chi connectivity index (χ0v) is 21.8. The molecule has 0 radical (unpaired) electrons. The summed E-state index contributed by atoms with van der Waals surface area (Å²) in [6.07, 6.45) is -0.578. The average Bonchev–Trinajstić information content (AvgIpc) is 2.75. The van der Waals surface area contributed by atoms with Crippen LogP contribution in [0.3, 0.4) is 0 Å². The minimum Gasteiger partial charge on any atom is -0.507 e. The number of benzene rings is 1. The fourth-order valence-electron chi connectivity index (χ4n) is 3.47. The Morgan fingerprint density at radius 1 is 0.714 bits per heavy atom. The second kappa shape index (κ2) is 13.2. The van der Waals surface area contributed by atoms with E-state index in [1.54, 1.807) is 0 Å². The third-order valence-electron chi connectivity index (χ3n) is 5.37. The van der Waals surface area contributed by atoms with Gasteiger partial charge in [0, 0.05) is 0 Å².